The monoisotopic (exact) mass is 387 g/mol. The maximum absolute atomic E-state index is 12.4. The zero-order chi connectivity index (χ0) is 18.5. The molecule has 3 N–H and O–H groups in total. The van der Waals surface area contributed by atoms with Gasteiger partial charge in [0.25, 0.3) is 5.91 Å². The van der Waals surface area contributed by atoms with Gasteiger partial charge in [0.15, 0.2) is 5.11 Å². The van der Waals surface area contributed by atoms with Crippen molar-refractivity contribution in [1.29, 1.82) is 0 Å². The minimum absolute atomic E-state index is 0.137. The molecule has 4 nitrogen and oxygen atoms in total. The molecular formula is C20H25N3OS2. The van der Waals surface area contributed by atoms with Crippen molar-refractivity contribution in [2.24, 2.45) is 0 Å². The number of fused-ring (bicyclic) bond motifs is 1. The molecule has 1 aliphatic rings. The normalized spacial score (nSPS) is 13.7. The second-order valence-corrected chi connectivity index (χ2v) is 8.47. The van der Waals surface area contributed by atoms with Gasteiger partial charge in [-0.25, -0.2) is 0 Å². The lowest BCUT2D eigenvalue weighted by atomic mass is 10.0. The molecule has 0 spiro atoms. The lowest BCUT2D eigenvalue weighted by Gasteiger charge is -2.12. The van der Waals surface area contributed by atoms with Crippen LogP contribution in [0.15, 0.2) is 30.3 Å². The van der Waals surface area contributed by atoms with Crippen molar-refractivity contribution < 1.29 is 4.79 Å². The van der Waals surface area contributed by atoms with Gasteiger partial charge >= 0.3 is 0 Å². The van der Waals surface area contributed by atoms with Gasteiger partial charge in [-0.1, -0.05) is 32.4 Å². The fourth-order valence-corrected chi connectivity index (χ4v) is 4.39. The predicted molar refractivity (Wildman–Crippen MR) is 113 cm³/mol. The first-order chi connectivity index (χ1) is 12.5. The van der Waals surface area contributed by atoms with Gasteiger partial charge in [0.1, 0.15) is 0 Å². The molecule has 0 saturated carbocycles. The van der Waals surface area contributed by atoms with Crippen LogP contribution in [0.5, 0.6) is 0 Å². The van der Waals surface area contributed by atoms with E-state index in [9.17, 15) is 4.79 Å². The first-order valence-electron chi connectivity index (χ1n) is 9.12. The van der Waals surface area contributed by atoms with Crippen LogP contribution in [0.3, 0.4) is 0 Å². The zero-order valence-corrected chi connectivity index (χ0v) is 16.9. The Balaban J connectivity index is 1.51. The van der Waals surface area contributed by atoms with Crippen molar-refractivity contribution in [2.75, 3.05) is 5.32 Å². The molecule has 1 aliphatic carbocycles. The van der Waals surface area contributed by atoms with Crippen LogP contribution in [0.25, 0.3) is 0 Å². The van der Waals surface area contributed by atoms with Crippen molar-refractivity contribution >= 4 is 40.3 Å². The number of carbonyl (C=O) groups excluding carboxylic acids is 1. The highest BCUT2D eigenvalue weighted by Crippen LogP contribution is 2.28. The van der Waals surface area contributed by atoms with E-state index in [2.05, 4.69) is 42.1 Å². The number of thiophene rings is 1. The summed E-state index contributed by atoms with van der Waals surface area (Å²) in [6.45, 7) is 4.32. The van der Waals surface area contributed by atoms with E-state index >= 15 is 0 Å². The lowest BCUT2D eigenvalue weighted by molar-refractivity contribution is 0.0948. The van der Waals surface area contributed by atoms with Gasteiger partial charge in [-0.15, -0.1) is 11.3 Å². The van der Waals surface area contributed by atoms with Crippen molar-refractivity contribution in [3.05, 3.63) is 51.2 Å². The molecule has 0 atom stereocenters. The molecule has 6 heteroatoms. The number of nitrogens with one attached hydrogen (secondary N) is 3. The van der Waals surface area contributed by atoms with Crippen LogP contribution in [0.2, 0.25) is 0 Å². The molecule has 26 heavy (non-hydrogen) atoms. The van der Waals surface area contributed by atoms with Gasteiger partial charge in [-0.05, 0) is 73.1 Å². The summed E-state index contributed by atoms with van der Waals surface area (Å²) in [5.41, 5.74) is 8.99. The summed E-state index contributed by atoms with van der Waals surface area (Å²) >= 11 is 6.86. The van der Waals surface area contributed by atoms with Crippen LogP contribution in [0.4, 0.5) is 5.69 Å². The van der Waals surface area contributed by atoms with Crippen LogP contribution in [0, 0.1) is 0 Å². The zero-order valence-electron chi connectivity index (χ0n) is 15.2. The molecule has 3 rings (SSSR count). The van der Waals surface area contributed by atoms with Gasteiger partial charge in [0.2, 0.25) is 0 Å². The van der Waals surface area contributed by atoms with E-state index in [-0.39, 0.29) is 5.91 Å². The SMILES string of the molecule is CC(C)c1ccc(NC(=S)NNC(=O)c2cc3c(s2)CCCCC3)cc1. The average molecular weight is 388 g/mol. The van der Waals surface area contributed by atoms with Crippen LogP contribution < -0.4 is 16.2 Å². The van der Waals surface area contributed by atoms with E-state index in [4.69, 9.17) is 12.2 Å². The maximum atomic E-state index is 12.4. The number of carbonyl (C=O) groups is 1. The number of hydrazine groups is 1. The van der Waals surface area contributed by atoms with Crippen molar-refractivity contribution in [3.63, 3.8) is 0 Å². The summed E-state index contributed by atoms with van der Waals surface area (Å²) in [6.07, 6.45) is 5.89. The van der Waals surface area contributed by atoms with Crippen LogP contribution >= 0.6 is 23.6 Å². The quantitative estimate of drug-likeness (QED) is 0.403. The number of benzene rings is 1. The van der Waals surface area contributed by atoms with E-state index in [0.717, 1.165) is 23.4 Å². The minimum Gasteiger partial charge on any atom is -0.331 e. The first kappa shape index (κ1) is 18.9. The molecule has 138 valence electrons. The largest absolute Gasteiger partial charge is 0.331 e. The Labute approximate surface area is 164 Å². The molecule has 1 aromatic heterocycles. The van der Waals surface area contributed by atoms with Gasteiger partial charge in [0.05, 0.1) is 4.88 Å². The smallest absolute Gasteiger partial charge is 0.279 e. The molecule has 2 aromatic rings. The van der Waals surface area contributed by atoms with Gasteiger partial charge in [-0.3, -0.25) is 15.6 Å². The van der Waals surface area contributed by atoms with Crippen molar-refractivity contribution in [3.8, 4) is 0 Å². The summed E-state index contributed by atoms with van der Waals surface area (Å²) in [5, 5.41) is 3.45. The Morgan fingerprint density at radius 3 is 2.54 bits per heavy atom. The summed E-state index contributed by atoms with van der Waals surface area (Å²) in [5.74, 6) is 0.358. The van der Waals surface area contributed by atoms with E-state index in [1.165, 1.54) is 35.3 Å². The first-order valence-corrected chi connectivity index (χ1v) is 10.3. The van der Waals surface area contributed by atoms with Crippen molar-refractivity contribution in [2.45, 2.75) is 51.9 Å². The highest BCUT2D eigenvalue weighted by Gasteiger charge is 2.16. The number of aryl methyl sites for hydroxylation is 2. The molecular weight excluding hydrogens is 362 g/mol. The number of anilines is 1. The molecule has 1 amide bonds. The Kier molecular flexibility index (Phi) is 6.27. The Bertz CT molecular complexity index is 757. The third kappa shape index (κ3) is 4.83. The fourth-order valence-electron chi connectivity index (χ4n) is 3.07. The number of hydrogen-bond acceptors (Lipinski definition) is 3. The molecule has 1 heterocycles. The third-order valence-electron chi connectivity index (χ3n) is 4.60. The predicted octanol–water partition coefficient (Wildman–Crippen LogP) is 4.77. The lowest BCUT2D eigenvalue weighted by Crippen LogP contribution is -2.43. The van der Waals surface area contributed by atoms with Gasteiger partial charge < -0.3 is 5.32 Å². The van der Waals surface area contributed by atoms with E-state index in [1.54, 1.807) is 11.3 Å². The molecule has 0 aliphatic heterocycles. The standard InChI is InChI=1S/C20H25N3OS2/c1-13(2)14-8-10-16(11-9-14)21-20(25)23-22-19(24)18-12-15-6-4-3-5-7-17(15)26-18/h8-13H,3-7H2,1-2H3,(H,22,24)(H2,21,23,25). The average Bonchev–Trinajstić information content (AvgIpc) is 2.91. The highest BCUT2D eigenvalue weighted by atomic mass is 32.1. The third-order valence-corrected chi connectivity index (χ3v) is 6.04. The topological polar surface area (TPSA) is 53.2 Å². The van der Waals surface area contributed by atoms with Crippen LogP contribution in [-0.2, 0) is 12.8 Å². The number of amides is 1. The van der Waals surface area contributed by atoms with Crippen LogP contribution in [-0.4, -0.2) is 11.0 Å². The van der Waals surface area contributed by atoms with Crippen LogP contribution in [0.1, 0.15) is 64.7 Å². The maximum Gasteiger partial charge on any atom is 0.279 e. The second-order valence-electron chi connectivity index (χ2n) is 6.93. The number of thiocarbonyl (C=S) groups is 1. The number of hydrogen-bond donors (Lipinski definition) is 3. The van der Waals surface area contributed by atoms with E-state index in [0.29, 0.717) is 11.0 Å². The van der Waals surface area contributed by atoms with E-state index < -0.39 is 0 Å². The summed E-state index contributed by atoms with van der Waals surface area (Å²) in [4.78, 5) is 14.5. The van der Waals surface area contributed by atoms with E-state index in [1.807, 2.05) is 18.2 Å². The molecule has 0 unspecified atom stereocenters. The minimum atomic E-state index is -0.137. The van der Waals surface area contributed by atoms with Gasteiger partial charge in [-0.2, -0.15) is 0 Å². The Morgan fingerprint density at radius 1 is 1.08 bits per heavy atom. The highest BCUT2D eigenvalue weighted by molar-refractivity contribution is 7.80. The second kappa shape index (κ2) is 8.64. The fraction of sp³-hybridized carbons (Fsp3) is 0.400. The molecule has 0 bridgehead atoms. The van der Waals surface area contributed by atoms with Crippen molar-refractivity contribution in [1.82, 2.24) is 10.9 Å². The molecule has 0 radical (unpaired) electrons. The summed E-state index contributed by atoms with van der Waals surface area (Å²) in [7, 11) is 0. The molecule has 0 saturated heterocycles. The van der Waals surface area contributed by atoms with Gasteiger partial charge in [0, 0.05) is 10.6 Å². The summed E-state index contributed by atoms with van der Waals surface area (Å²) in [6, 6.07) is 10.2. The Hall–Kier alpha value is -1.92. The molecule has 1 aromatic carbocycles. The molecule has 0 fully saturated rings. The number of rotatable bonds is 3. The Morgan fingerprint density at radius 2 is 1.81 bits per heavy atom. The summed E-state index contributed by atoms with van der Waals surface area (Å²) < 4.78 is 0.